The molecule has 0 saturated carbocycles. The molecule has 6 heteroatoms. The molecule has 0 aliphatic carbocycles. The number of hydrogen-bond donors (Lipinski definition) is 2. The van der Waals surface area contributed by atoms with Crippen molar-refractivity contribution < 1.29 is 19.2 Å². The van der Waals surface area contributed by atoms with Gasteiger partial charge in [-0.1, -0.05) is 32.9 Å². The second-order valence-corrected chi connectivity index (χ2v) is 5.28. The van der Waals surface area contributed by atoms with Crippen LogP contribution in [-0.2, 0) is 4.79 Å². The number of carbonyl (C=O) groups excluding carboxylic acids is 1. The van der Waals surface area contributed by atoms with E-state index >= 15 is 0 Å². The number of amides is 1. The molecular weight excluding hydrogens is 260 g/mol. The summed E-state index contributed by atoms with van der Waals surface area (Å²) in [6.07, 6.45) is 0.955. The first-order valence-electron chi connectivity index (χ1n) is 6.84. The van der Waals surface area contributed by atoms with Gasteiger partial charge in [0.1, 0.15) is 0 Å². The van der Waals surface area contributed by atoms with Gasteiger partial charge in [-0.3, -0.25) is 9.59 Å². The Hall–Kier alpha value is -1.85. The number of nitrogens with one attached hydrogen (secondary N) is 1. The lowest BCUT2D eigenvalue weighted by molar-refractivity contribution is -0.138. The van der Waals surface area contributed by atoms with Crippen LogP contribution in [0.5, 0.6) is 0 Å². The molecule has 0 bridgehead atoms. The second kappa shape index (κ2) is 6.54. The highest BCUT2D eigenvalue weighted by Gasteiger charge is 2.32. The largest absolute Gasteiger partial charge is 0.481 e. The van der Waals surface area contributed by atoms with Crippen LogP contribution in [-0.4, -0.2) is 27.7 Å². The highest BCUT2D eigenvalue weighted by atomic mass is 16.5. The molecule has 0 unspecified atom stereocenters. The zero-order valence-corrected chi connectivity index (χ0v) is 12.4. The molecule has 1 rings (SSSR count). The molecule has 0 aromatic carbocycles. The Bertz CT molecular complexity index is 475. The van der Waals surface area contributed by atoms with Crippen LogP contribution in [0.4, 0.5) is 0 Å². The van der Waals surface area contributed by atoms with E-state index in [1.165, 1.54) is 0 Å². The average molecular weight is 282 g/mol. The van der Waals surface area contributed by atoms with Crippen molar-refractivity contribution in [1.82, 2.24) is 10.5 Å². The number of aromatic nitrogens is 1. The van der Waals surface area contributed by atoms with Gasteiger partial charge >= 0.3 is 5.97 Å². The zero-order chi connectivity index (χ0) is 15.3. The quantitative estimate of drug-likeness (QED) is 0.801. The van der Waals surface area contributed by atoms with E-state index in [0.717, 1.165) is 0 Å². The molecular formula is C14H22N2O4. The molecule has 1 heterocycles. The van der Waals surface area contributed by atoms with Gasteiger partial charge in [-0.15, -0.1) is 0 Å². The third-order valence-electron chi connectivity index (χ3n) is 3.57. The van der Waals surface area contributed by atoms with E-state index < -0.39 is 17.4 Å². The van der Waals surface area contributed by atoms with Crippen LogP contribution in [0.1, 0.15) is 69.1 Å². The fourth-order valence-corrected chi connectivity index (χ4v) is 1.98. The Balaban J connectivity index is 2.87. The number of carboxylic acids is 1. The summed E-state index contributed by atoms with van der Waals surface area (Å²) >= 11 is 0. The van der Waals surface area contributed by atoms with Gasteiger partial charge < -0.3 is 14.9 Å². The van der Waals surface area contributed by atoms with Gasteiger partial charge in [0.05, 0.1) is 17.7 Å². The topological polar surface area (TPSA) is 92.4 Å². The molecule has 0 radical (unpaired) electrons. The predicted molar refractivity (Wildman–Crippen MR) is 73.6 cm³/mol. The Morgan fingerprint density at radius 2 is 2.00 bits per heavy atom. The Labute approximate surface area is 118 Å². The first kappa shape index (κ1) is 16.2. The van der Waals surface area contributed by atoms with E-state index in [4.69, 9.17) is 9.63 Å². The first-order chi connectivity index (χ1) is 9.33. The summed E-state index contributed by atoms with van der Waals surface area (Å²) in [5.74, 6) is -1.07. The predicted octanol–water partition coefficient (Wildman–Crippen LogP) is 2.56. The molecule has 0 fully saturated rings. The summed E-state index contributed by atoms with van der Waals surface area (Å²) in [5, 5.41) is 15.6. The average Bonchev–Trinajstić information content (AvgIpc) is 2.87. The van der Waals surface area contributed by atoms with E-state index in [-0.39, 0.29) is 18.1 Å². The lowest BCUT2D eigenvalue weighted by Crippen LogP contribution is -2.49. The minimum atomic E-state index is -0.936. The maximum atomic E-state index is 12.2. The van der Waals surface area contributed by atoms with Crippen LogP contribution in [0.15, 0.2) is 10.6 Å². The van der Waals surface area contributed by atoms with E-state index in [1.807, 2.05) is 27.7 Å². The van der Waals surface area contributed by atoms with Crippen LogP contribution in [0.25, 0.3) is 0 Å². The molecule has 0 aliphatic heterocycles. The number of rotatable bonds is 7. The van der Waals surface area contributed by atoms with Crippen molar-refractivity contribution in [3.8, 4) is 0 Å². The van der Waals surface area contributed by atoms with E-state index in [9.17, 15) is 9.59 Å². The SMILES string of the molecule is CCC(CC)(CC(=O)O)NC(=O)c1cc(C(C)C)no1. The second-order valence-electron chi connectivity index (χ2n) is 5.28. The number of aliphatic carboxylic acids is 1. The maximum Gasteiger partial charge on any atom is 0.305 e. The lowest BCUT2D eigenvalue weighted by atomic mass is 9.89. The minimum Gasteiger partial charge on any atom is -0.481 e. The zero-order valence-electron chi connectivity index (χ0n) is 12.4. The van der Waals surface area contributed by atoms with Crippen molar-refractivity contribution >= 4 is 11.9 Å². The Morgan fingerprint density at radius 3 is 2.40 bits per heavy atom. The van der Waals surface area contributed by atoms with Crippen LogP contribution < -0.4 is 5.32 Å². The third-order valence-corrected chi connectivity index (χ3v) is 3.57. The van der Waals surface area contributed by atoms with Crippen molar-refractivity contribution in [3.63, 3.8) is 0 Å². The highest BCUT2D eigenvalue weighted by Crippen LogP contribution is 2.21. The summed E-state index contributed by atoms with van der Waals surface area (Å²) in [6, 6.07) is 1.59. The van der Waals surface area contributed by atoms with Crippen LogP contribution in [0.3, 0.4) is 0 Å². The normalized spacial score (nSPS) is 11.7. The molecule has 20 heavy (non-hydrogen) atoms. The first-order valence-corrected chi connectivity index (χ1v) is 6.84. The molecule has 0 spiro atoms. The van der Waals surface area contributed by atoms with Crippen molar-refractivity contribution in [1.29, 1.82) is 0 Å². The van der Waals surface area contributed by atoms with Crippen molar-refractivity contribution in [2.75, 3.05) is 0 Å². The van der Waals surface area contributed by atoms with Crippen molar-refractivity contribution in [2.45, 2.75) is 58.4 Å². The minimum absolute atomic E-state index is 0.114. The lowest BCUT2D eigenvalue weighted by Gasteiger charge is -2.30. The summed E-state index contributed by atoms with van der Waals surface area (Å²) in [5.41, 5.74) is -0.0553. The van der Waals surface area contributed by atoms with Gasteiger partial charge in [0.2, 0.25) is 5.76 Å². The molecule has 1 aromatic heterocycles. The van der Waals surface area contributed by atoms with Gasteiger partial charge in [-0.25, -0.2) is 0 Å². The third kappa shape index (κ3) is 3.82. The Kier molecular flexibility index (Phi) is 5.30. The van der Waals surface area contributed by atoms with Gasteiger partial charge in [0.15, 0.2) is 0 Å². The Morgan fingerprint density at radius 1 is 1.40 bits per heavy atom. The molecule has 0 aliphatic rings. The van der Waals surface area contributed by atoms with E-state index in [1.54, 1.807) is 6.07 Å². The molecule has 1 amide bonds. The van der Waals surface area contributed by atoms with Gasteiger partial charge in [-0.2, -0.15) is 0 Å². The van der Waals surface area contributed by atoms with Crippen LogP contribution in [0, 0.1) is 0 Å². The molecule has 2 N–H and O–H groups in total. The van der Waals surface area contributed by atoms with Crippen molar-refractivity contribution in [2.24, 2.45) is 0 Å². The number of carboxylic acid groups (broad SMARTS) is 1. The van der Waals surface area contributed by atoms with Gasteiger partial charge in [0, 0.05) is 6.07 Å². The smallest absolute Gasteiger partial charge is 0.305 e. The fraction of sp³-hybridized carbons (Fsp3) is 0.643. The van der Waals surface area contributed by atoms with E-state index in [2.05, 4.69) is 10.5 Å². The molecule has 0 atom stereocenters. The number of nitrogens with zero attached hydrogens (tertiary/aromatic N) is 1. The van der Waals surface area contributed by atoms with E-state index in [0.29, 0.717) is 18.5 Å². The van der Waals surface area contributed by atoms with Crippen LogP contribution >= 0.6 is 0 Å². The maximum absolute atomic E-state index is 12.2. The van der Waals surface area contributed by atoms with Gasteiger partial charge in [0.25, 0.3) is 5.91 Å². The number of carbonyl (C=O) groups is 2. The highest BCUT2D eigenvalue weighted by molar-refractivity contribution is 5.92. The van der Waals surface area contributed by atoms with Crippen LogP contribution in [0.2, 0.25) is 0 Å². The molecule has 1 aromatic rings. The summed E-state index contributed by atoms with van der Waals surface area (Å²) in [6.45, 7) is 7.61. The molecule has 0 saturated heterocycles. The monoisotopic (exact) mass is 282 g/mol. The van der Waals surface area contributed by atoms with Crippen molar-refractivity contribution in [3.05, 3.63) is 17.5 Å². The fourth-order valence-electron chi connectivity index (χ4n) is 1.98. The van der Waals surface area contributed by atoms with Gasteiger partial charge in [-0.05, 0) is 18.8 Å². The summed E-state index contributed by atoms with van der Waals surface area (Å²) in [4.78, 5) is 23.1. The number of hydrogen-bond acceptors (Lipinski definition) is 4. The standard InChI is InChI=1S/C14H22N2O4/c1-5-14(6-2,8-12(17)18)15-13(19)11-7-10(9(3)4)16-20-11/h7,9H,5-6,8H2,1-4H3,(H,15,19)(H,17,18). The molecule has 6 nitrogen and oxygen atoms in total. The summed E-state index contributed by atoms with van der Waals surface area (Å²) < 4.78 is 5.02. The summed E-state index contributed by atoms with van der Waals surface area (Å²) in [7, 11) is 0. The molecule has 112 valence electrons.